The lowest BCUT2D eigenvalue weighted by Crippen LogP contribution is -2.50. The van der Waals surface area contributed by atoms with Crippen LogP contribution in [0.1, 0.15) is 41.5 Å². The van der Waals surface area contributed by atoms with Crippen LogP contribution >= 0.6 is 6.57 Å². The Bertz CT molecular complexity index is 216. The predicted octanol–water partition coefficient (Wildman–Crippen LogP) is 7.31. The van der Waals surface area contributed by atoms with Gasteiger partial charge in [-0.1, -0.05) is 97.4 Å². The smallest absolute Gasteiger partial charge is 0.0724 e. The Kier molecular flexibility index (Phi) is 8.36. The van der Waals surface area contributed by atoms with Crippen molar-refractivity contribution in [2.75, 3.05) is 0 Å². The zero-order valence-corrected chi connectivity index (χ0v) is 19.1. The molecule has 0 heterocycles. The van der Waals surface area contributed by atoms with Crippen molar-refractivity contribution < 1.29 is 0 Å². The molecule has 0 nitrogen and oxygen atoms in total. The standard InChI is InChI=1S/C15H39PSi3/c1-10-18(11-2,12-3)16(17(7,8)9)19(13-4,14-5)15-6/h10-15H2,1-9H3. The molecular weight excluding hydrogens is 295 g/mol. The van der Waals surface area contributed by atoms with Crippen molar-refractivity contribution in [2.24, 2.45) is 0 Å². The van der Waals surface area contributed by atoms with E-state index in [1.165, 1.54) is 0 Å². The van der Waals surface area contributed by atoms with E-state index >= 15 is 0 Å². The lowest BCUT2D eigenvalue weighted by Gasteiger charge is -2.54. The van der Waals surface area contributed by atoms with Crippen LogP contribution in [-0.4, -0.2) is 23.2 Å². The van der Waals surface area contributed by atoms with E-state index in [0.29, 0.717) is 6.57 Å². The Labute approximate surface area is 127 Å². The highest BCUT2D eigenvalue weighted by Gasteiger charge is 2.52. The van der Waals surface area contributed by atoms with Crippen LogP contribution in [0, 0.1) is 0 Å². The van der Waals surface area contributed by atoms with Gasteiger partial charge < -0.3 is 0 Å². The van der Waals surface area contributed by atoms with E-state index in [1.54, 1.807) is 36.3 Å². The molecule has 0 aliphatic carbocycles. The monoisotopic (exact) mass is 334 g/mol. The van der Waals surface area contributed by atoms with Gasteiger partial charge in [0.15, 0.2) is 0 Å². The van der Waals surface area contributed by atoms with E-state index in [4.69, 9.17) is 0 Å². The maximum atomic E-state index is 2.71. The van der Waals surface area contributed by atoms with Crippen LogP contribution in [0.2, 0.25) is 55.9 Å². The Morgan fingerprint density at radius 1 is 0.526 bits per heavy atom. The third kappa shape index (κ3) is 4.05. The minimum Gasteiger partial charge on any atom is -0.139 e. The first-order valence-electron chi connectivity index (χ1n) is 8.53. The SMILES string of the molecule is CC[Si](CC)(CC)P([Si](C)(C)C)[Si](CC)(CC)CC. The van der Waals surface area contributed by atoms with Crippen molar-refractivity contribution in [3.8, 4) is 0 Å². The van der Waals surface area contributed by atoms with Crippen molar-refractivity contribution in [3.63, 3.8) is 0 Å². The van der Waals surface area contributed by atoms with Crippen molar-refractivity contribution in [1.82, 2.24) is 0 Å². The summed E-state index contributed by atoms with van der Waals surface area (Å²) in [7, 11) is -2.98. The van der Waals surface area contributed by atoms with E-state index in [2.05, 4.69) is 61.2 Å². The number of hydrogen-bond acceptors (Lipinski definition) is 0. The highest BCUT2D eigenvalue weighted by molar-refractivity contribution is 8.37. The zero-order valence-electron chi connectivity index (χ0n) is 15.2. The average molecular weight is 335 g/mol. The normalized spacial score (nSPS) is 14.2. The molecule has 0 atom stereocenters. The molecule has 0 aliphatic rings. The van der Waals surface area contributed by atoms with Crippen LogP contribution in [0.25, 0.3) is 0 Å². The molecule has 0 unspecified atom stereocenters. The van der Waals surface area contributed by atoms with E-state index in [-0.39, 0.29) is 0 Å². The van der Waals surface area contributed by atoms with Crippen LogP contribution in [0.3, 0.4) is 0 Å². The van der Waals surface area contributed by atoms with E-state index in [0.717, 1.165) is 0 Å². The van der Waals surface area contributed by atoms with Crippen molar-refractivity contribution >= 4 is 29.8 Å². The average Bonchev–Trinajstić information content (AvgIpc) is 2.40. The van der Waals surface area contributed by atoms with Gasteiger partial charge in [-0.15, -0.1) is 6.57 Å². The minimum absolute atomic E-state index is 0.419. The molecule has 0 saturated heterocycles. The van der Waals surface area contributed by atoms with Gasteiger partial charge in [0.2, 0.25) is 0 Å². The third-order valence-corrected chi connectivity index (χ3v) is 61.3. The van der Waals surface area contributed by atoms with Crippen LogP contribution in [0.4, 0.5) is 0 Å². The topological polar surface area (TPSA) is 0 Å². The van der Waals surface area contributed by atoms with Crippen molar-refractivity contribution in [3.05, 3.63) is 0 Å². The lowest BCUT2D eigenvalue weighted by atomic mass is 10.9. The molecule has 0 N–H and O–H groups in total. The number of rotatable bonds is 9. The van der Waals surface area contributed by atoms with Gasteiger partial charge in [0.1, 0.15) is 0 Å². The van der Waals surface area contributed by atoms with E-state index in [9.17, 15) is 0 Å². The Hall–Kier alpha value is 1.08. The fourth-order valence-corrected chi connectivity index (χ4v) is 82.1. The molecule has 0 fully saturated rings. The minimum atomic E-state index is -0.995. The Balaban J connectivity index is 5.94. The van der Waals surface area contributed by atoms with Crippen LogP contribution < -0.4 is 0 Å². The van der Waals surface area contributed by atoms with Crippen molar-refractivity contribution in [2.45, 2.75) is 97.4 Å². The summed E-state index contributed by atoms with van der Waals surface area (Å²) in [5.41, 5.74) is 0. The molecule has 116 valence electrons. The molecular formula is C15H39PSi3. The first-order valence-corrected chi connectivity index (χ1v) is 21.1. The van der Waals surface area contributed by atoms with E-state index < -0.39 is 23.2 Å². The quantitative estimate of drug-likeness (QED) is 0.306. The first-order chi connectivity index (χ1) is 8.73. The molecule has 0 amide bonds. The summed E-state index contributed by atoms with van der Waals surface area (Å²) in [6, 6.07) is 9.36. The number of hydrogen-bond donors (Lipinski definition) is 0. The Morgan fingerprint density at radius 3 is 0.842 bits per heavy atom. The van der Waals surface area contributed by atoms with Gasteiger partial charge in [-0.25, -0.2) is 0 Å². The largest absolute Gasteiger partial charge is 0.139 e. The molecule has 0 aromatic rings. The molecule has 19 heavy (non-hydrogen) atoms. The van der Waals surface area contributed by atoms with Gasteiger partial charge in [-0.3, -0.25) is 0 Å². The second-order valence-electron chi connectivity index (χ2n) is 7.08. The van der Waals surface area contributed by atoms with Gasteiger partial charge in [0.05, 0.1) is 23.2 Å². The predicted molar refractivity (Wildman–Crippen MR) is 105 cm³/mol. The highest BCUT2D eigenvalue weighted by Crippen LogP contribution is 2.68. The molecule has 0 radical (unpaired) electrons. The molecule has 0 saturated carbocycles. The van der Waals surface area contributed by atoms with Gasteiger partial charge in [0, 0.05) is 0 Å². The lowest BCUT2D eigenvalue weighted by molar-refractivity contribution is 1.21. The highest BCUT2D eigenvalue weighted by atomic mass is 31.8. The molecule has 0 aromatic carbocycles. The maximum absolute atomic E-state index is 2.71. The summed E-state index contributed by atoms with van der Waals surface area (Å²) in [5, 5.41) is 0. The molecule has 0 bridgehead atoms. The van der Waals surface area contributed by atoms with Gasteiger partial charge in [0.25, 0.3) is 0 Å². The summed E-state index contributed by atoms with van der Waals surface area (Å²) >= 11 is 0. The molecule has 0 rings (SSSR count). The fourth-order valence-electron chi connectivity index (χ4n) is 4.37. The third-order valence-electron chi connectivity index (χ3n) is 5.57. The Morgan fingerprint density at radius 2 is 0.737 bits per heavy atom. The zero-order chi connectivity index (χ0) is 15.3. The first kappa shape index (κ1) is 20.1. The summed E-state index contributed by atoms with van der Waals surface area (Å²) in [6.45, 7) is 23.8. The van der Waals surface area contributed by atoms with Crippen LogP contribution in [0.5, 0.6) is 0 Å². The van der Waals surface area contributed by atoms with E-state index in [1.807, 2.05) is 0 Å². The molecule has 0 aliphatic heterocycles. The molecule has 0 aromatic heterocycles. The summed E-state index contributed by atoms with van der Waals surface area (Å²) in [5.74, 6) is 0. The van der Waals surface area contributed by atoms with Crippen LogP contribution in [0.15, 0.2) is 0 Å². The second-order valence-corrected chi connectivity index (χ2v) is 39.0. The van der Waals surface area contributed by atoms with Crippen molar-refractivity contribution in [1.29, 1.82) is 0 Å². The van der Waals surface area contributed by atoms with Gasteiger partial charge in [-0.05, 0) is 0 Å². The van der Waals surface area contributed by atoms with Gasteiger partial charge in [-0.2, -0.15) is 0 Å². The maximum Gasteiger partial charge on any atom is 0.0724 e. The summed E-state index contributed by atoms with van der Waals surface area (Å²) in [4.78, 5) is 0. The summed E-state index contributed by atoms with van der Waals surface area (Å²) in [6.07, 6.45) is 0. The summed E-state index contributed by atoms with van der Waals surface area (Å²) < 4.78 is 0. The molecule has 0 spiro atoms. The fraction of sp³-hybridized carbons (Fsp3) is 1.00. The second kappa shape index (κ2) is 7.91. The molecule has 4 heteroatoms. The van der Waals surface area contributed by atoms with Crippen LogP contribution in [-0.2, 0) is 0 Å². The van der Waals surface area contributed by atoms with Gasteiger partial charge >= 0.3 is 0 Å².